The van der Waals surface area contributed by atoms with E-state index in [-0.39, 0.29) is 16.7 Å². The summed E-state index contributed by atoms with van der Waals surface area (Å²) in [5.74, 6) is -0.401. The van der Waals surface area contributed by atoms with Crippen LogP contribution in [-0.4, -0.2) is 12.5 Å². The minimum Gasteiger partial charge on any atom is -0.433 e. The van der Waals surface area contributed by atoms with Gasteiger partial charge in [-0.05, 0) is 43.7 Å². The van der Waals surface area contributed by atoms with Crippen molar-refractivity contribution in [1.29, 1.82) is 0 Å². The Labute approximate surface area is 129 Å². The number of benzene rings is 1. The summed E-state index contributed by atoms with van der Waals surface area (Å²) in [5.41, 5.74) is 1.46. The van der Waals surface area contributed by atoms with E-state index in [1.165, 1.54) is 29.5 Å². The Morgan fingerprint density at radius 2 is 2.05 bits per heavy atom. The van der Waals surface area contributed by atoms with Crippen molar-refractivity contribution in [3.05, 3.63) is 44.6 Å². The standard InChI is InChI=1S/C14H12ClF2NO2S/c1-7-5-12(21-8(7)2)13(19)18-9-3-4-11(10(15)6-9)20-14(16)17/h3-6,14H,1-2H3,(H,18,19). The van der Waals surface area contributed by atoms with Gasteiger partial charge in [-0.15, -0.1) is 11.3 Å². The summed E-state index contributed by atoms with van der Waals surface area (Å²) in [6, 6.07) is 5.90. The number of thiophene rings is 1. The van der Waals surface area contributed by atoms with Gasteiger partial charge < -0.3 is 10.1 Å². The lowest BCUT2D eigenvalue weighted by Gasteiger charge is -2.09. The van der Waals surface area contributed by atoms with Crippen LogP contribution in [-0.2, 0) is 0 Å². The highest BCUT2D eigenvalue weighted by Crippen LogP contribution is 2.29. The van der Waals surface area contributed by atoms with E-state index in [1.807, 2.05) is 13.8 Å². The lowest BCUT2D eigenvalue weighted by molar-refractivity contribution is -0.0497. The van der Waals surface area contributed by atoms with Gasteiger partial charge in [0.1, 0.15) is 5.75 Å². The summed E-state index contributed by atoms with van der Waals surface area (Å²) in [6.07, 6.45) is 0. The summed E-state index contributed by atoms with van der Waals surface area (Å²) in [7, 11) is 0. The number of alkyl halides is 2. The molecule has 0 spiro atoms. The zero-order valence-electron chi connectivity index (χ0n) is 11.2. The van der Waals surface area contributed by atoms with Crippen LogP contribution in [0.2, 0.25) is 5.02 Å². The normalized spacial score (nSPS) is 10.8. The van der Waals surface area contributed by atoms with E-state index in [0.717, 1.165) is 10.4 Å². The average Bonchev–Trinajstić information content (AvgIpc) is 2.73. The van der Waals surface area contributed by atoms with Gasteiger partial charge in [-0.3, -0.25) is 4.79 Å². The fourth-order valence-electron chi connectivity index (χ4n) is 1.65. The van der Waals surface area contributed by atoms with Crippen molar-refractivity contribution in [2.24, 2.45) is 0 Å². The van der Waals surface area contributed by atoms with Gasteiger partial charge in [-0.2, -0.15) is 8.78 Å². The van der Waals surface area contributed by atoms with Gasteiger partial charge >= 0.3 is 6.61 Å². The average molecular weight is 332 g/mol. The molecule has 1 aromatic heterocycles. The number of halogens is 3. The highest BCUT2D eigenvalue weighted by atomic mass is 35.5. The first-order valence-corrected chi connectivity index (χ1v) is 7.19. The molecule has 0 aliphatic heterocycles. The number of anilines is 1. The van der Waals surface area contributed by atoms with Crippen LogP contribution in [0.15, 0.2) is 24.3 Å². The number of rotatable bonds is 4. The van der Waals surface area contributed by atoms with Crippen molar-refractivity contribution in [2.75, 3.05) is 5.32 Å². The molecule has 0 bridgehead atoms. The van der Waals surface area contributed by atoms with Gasteiger partial charge in [0.15, 0.2) is 0 Å². The summed E-state index contributed by atoms with van der Waals surface area (Å²) < 4.78 is 28.5. The number of hydrogen-bond acceptors (Lipinski definition) is 3. The zero-order valence-corrected chi connectivity index (χ0v) is 12.8. The quantitative estimate of drug-likeness (QED) is 0.867. The van der Waals surface area contributed by atoms with Crippen molar-refractivity contribution < 1.29 is 18.3 Å². The summed E-state index contributed by atoms with van der Waals surface area (Å²) in [6.45, 7) is 0.917. The Morgan fingerprint density at radius 3 is 2.57 bits per heavy atom. The third-order valence-electron chi connectivity index (χ3n) is 2.80. The van der Waals surface area contributed by atoms with Crippen molar-refractivity contribution in [3.8, 4) is 5.75 Å². The molecular formula is C14H12ClF2NO2S. The molecule has 1 heterocycles. The monoisotopic (exact) mass is 331 g/mol. The Morgan fingerprint density at radius 1 is 1.33 bits per heavy atom. The lowest BCUT2D eigenvalue weighted by atomic mass is 10.2. The van der Waals surface area contributed by atoms with E-state index in [1.54, 1.807) is 6.07 Å². The Bertz CT molecular complexity index is 653. The first-order chi connectivity index (χ1) is 9.86. The van der Waals surface area contributed by atoms with Crippen LogP contribution in [0.25, 0.3) is 0 Å². The maximum atomic E-state index is 12.1. The number of aryl methyl sites for hydroxylation is 2. The molecule has 112 valence electrons. The van der Waals surface area contributed by atoms with Gasteiger partial charge in [-0.25, -0.2) is 0 Å². The smallest absolute Gasteiger partial charge is 0.387 e. The molecule has 7 heteroatoms. The highest BCUT2D eigenvalue weighted by molar-refractivity contribution is 7.14. The van der Waals surface area contributed by atoms with Crippen molar-refractivity contribution in [2.45, 2.75) is 20.5 Å². The van der Waals surface area contributed by atoms with Gasteiger partial charge in [0.25, 0.3) is 5.91 Å². The number of carbonyl (C=O) groups is 1. The molecule has 0 saturated heterocycles. The predicted molar refractivity (Wildman–Crippen MR) is 79.8 cm³/mol. The lowest BCUT2D eigenvalue weighted by Crippen LogP contribution is -2.10. The first kappa shape index (κ1) is 15.7. The SMILES string of the molecule is Cc1cc(C(=O)Nc2ccc(OC(F)F)c(Cl)c2)sc1C. The second kappa shape index (κ2) is 6.41. The van der Waals surface area contributed by atoms with Crippen LogP contribution < -0.4 is 10.1 Å². The molecule has 0 aliphatic carbocycles. The van der Waals surface area contributed by atoms with E-state index in [2.05, 4.69) is 10.1 Å². The fourth-order valence-corrected chi connectivity index (χ4v) is 2.80. The van der Waals surface area contributed by atoms with Crippen LogP contribution >= 0.6 is 22.9 Å². The van der Waals surface area contributed by atoms with Crippen molar-refractivity contribution in [3.63, 3.8) is 0 Å². The molecule has 0 saturated carbocycles. The van der Waals surface area contributed by atoms with Crippen LogP contribution in [0.1, 0.15) is 20.1 Å². The van der Waals surface area contributed by atoms with Crippen molar-refractivity contribution in [1.82, 2.24) is 0 Å². The molecule has 0 atom stereocenters. The van der Waals surface area contributed by atoms with E-state index >= 15 is 0 Å². The number of carbonyl (C=O) groups excluding carboxylic acids is 1. The molecule has 1 amide bonds. The maximum absolute atomic E-state index is 12.1. The van der Waals surface area contributed by atoms with Gasteiger partial charge in [0.2, 0.25) is 0 Å². The number of nitrogens with one attached hydrogen (secondary N) is 1. The Balaban J connectivity index is 2.12. The first-order valence-electron chi connectivity index (χ1n) is 5.99. The second-order valence-electron chi connectivity index (χ2n) is 4.33. The number of ether oxygens (including phenoxy) is 1. The fraction of sp³-hybridized carbons (Fsp3) is 0.214. The molecule has 0 radical (unpaired) electrons. The number of hydrogen-bond donors (Lipinski definition) is 1. The van der Waals surface area contributed by atoms with E-state index in [9.17, 15) is 13.6 Å². The third-order valence-corrected chi connectivity index (χ3v) is 4.24. The van der Waals surface area contributed by atoms with E-state index < -0.39 is 6.61 Å². The van der Waals surface area contributed by atoms with Crippen LogP contribution in [0, 0.1) is 13.8 Å². The zero-order chi connectivity index (χ0) is 15.6. The maximum Gasteiger partial charge on any atom is 0.387 e. The van der Waals surface area contributed by atoms with Gasteiger partial charge in [0.05, 0.1) is 9.90 Å². The molecule has 21 heavy (non-hydrogen) atoms. The molecule has 0 unspecified atom stereocenters. The highest BCUT2D eigenvalue weighted by Gasteiger charge is 2.13. The van der Waals surface area contributed by atoms with Crippen LogP contribution in [0.5, 0.6) is 5.75 Å². The molecule has 2 aromatic rings. The Hall–Kier alpha value is -1.66. The third kappa shape index (κ3) is 3.92. The molecule has 0 aliphatic rings. The number of amides is 1. The molecule has 2 rings (SSSR count). The second-order valence-corrected chi connectivity index (χ2v) is 5.99. The Kier molecular flexibility index (Phi) is 4.80. The van der Waals surface area contributed by atoms with E-state index in [0.29, 0.717) is 10.6 Å². The summed E-state index contributed by atoms with van der Waals surface area (Å²) in [4.78, 5) is 13.7. The van der Waals surface area contributed by atoms with Crippen LogP contribution in [0.4, 0.5) is 14.5 Å². The minimum atomic E-state index is -2.94. The molecule has 1 N–H and O–H groups in total. The van der Waals surface area contributed by atoms with Crippen LogP contribution in [0.3, 0.4) is 0 Å². The minimum absolute atomic E-state index is 0.00615. The van der Waals surface area contributed by atoms with Gasteiger partial charge in [-0.1, -0.05) is 11.6 Å². The van der Waals surface area contributed by atoms with E-state index in [4.69, 9.17) is 11.6 Å². The van der Waals surface area contributed by atoms with Crippen molar-refractivity contribution >= 4 is 34.5 Å². The molecule has 1 aromatic carbocycles. The molecule has 0 fully saturated rings. The topological polar surface area (TPSA) is 38.3 Å². The summed E-state index contributed by atoms with van der Waals surface area (Å²) in [5, 5.41) is 2.67. The van der Waals surface area contributed by atoms with Gasteiger partial charge in [0, 0.05) is 10.6 Å². The largest absolute Gasteiger partial charge is 0.433 e. The predicted octanol–water partition coefficient (Wildman–Crippen LogP) is 4.87. The summed E-state index contributed by atoms with van der Waals surface area (Å²) >= 11 is 7.21. The molecule has 3 nitrogen and oxygen atoms in total. The molecular weight excluding hydrogens is 320 g/mol.